The van der Waals surface area contributed by atoms with Crippen LogP contribution in [-0.4, -0.2) is 99.1 Å². The van der Waals surface area contributed by atoms with Crippen molar-refractivity contribution in [1.29, 1.82) is 0 Å². The largest absolute Gasteiger partial charge is 0.457 e. The first kappa shape index (κ1) is 50.2. The Morgan fingerprint density at radius 2 is 1.67 bits per heavy atom. The van der Waals surface area contributed by atoms with Crippen molar-refractivity contribution in [3.8, 4) is 22.8 Å². The molecule has 3 heterocycles. The zero-order valence-electron chi connectivity index (χ0n) is 37.7. The maximum Gasteiger partial charge on any atom is 0.389 e. The van der Waals surface area contributed by atoms with Gasteiger partial charge in [0.05, 0.1) is 49.5 Å². The summed E-state index contributed by atoms with van der Waals surface area (Å²) >= 11 is 12.4. The molecule has 4 amide bonds. The number of nitrogens with one attached hydrogen (secondary N) is 3. The molecule has 0 unspecified atom stereocenters. The lowest BCUT2D eigenvalue weighted by atomic mass is 9.82. The van der Waals surface area contributed by atoms with Crippen molar-refractivity contribution in [2.24, 2.45) is 13.0 Å². The number of benzene rings is 3. The predicted octanol–water partition coefficient (Wildman–Crippen LogP) is 7.75. The number of carbonyl (C=O) groups excluding carboxylic acids is 4. The minimum absolute atomic E-state index is 0.0632. The maximum absolute atomic E-state index is 16.2. The van der Waals surface area contributed by atoms with Crippen LogP contribution in [0.25, 0.3) is 11.3 Å². The second-order valence-corrected chi connectivity index (χ2v) is 19.0. The molecule has 19 heteroatoms. The van der Waals surface area contributed by atoms with E-state index in [0.717, 1.165) is 33.6 Å². The second-order valence-electron chi connectivity index (χ2n) is 18.1. The first-order chi connectivity index (χ1) is 31.0. The molecule has 2 bridgehead atoms. The standard InChI is InChI=1S/C47H55Cl2F4N7O6/c1-28-42(62)56-37(26-65-6)43(63)57-46(21-29-8-12-32(48)13-9-29)16-7-17-59(27-46)44(64)31(22-47(51,52)53)18-41(61)60(28)25-35-36(50)19-33(49)20-39(35)66-34-14-10-30(11-15-34)38-23-54-40(58(38)5)24-55-45(2,3)4/h8-15,19-20,23,28,31,37,55H,7,16-18,21-22,24-27H2,1-6H3,(H,56,62)(H,57,63)/t28-,31-,37-,46+/m0/s1. The SMILES string of the molecule is COC[C@@H]1NC(=O)[C@H](C)N(Cc2c(F)cc(Cl)cc2Oc2ccc(-c3cnc(CNC(C)(C)C)n3C)cc2)C(=O)C[C@@H](CC(F)(F)F)C(=O)N2CCC[C@@](Cc3ccc(Cl)cc3)(C2)NC1=O. The van der Waals surface area contributed by atoms with E-state index in [0.29, 0.717) is 24.4 Å². The van der Waals surface area contributed by atoms with E-state index in [1.54, 1.807) is 54.7 Å². The summed E-state index contributed by atoms with van der Waals surface area (Å²) in [5.74, 6) is -5.53. The first-order valence-electron chi connectivity index (χ1n) is 21.6. The van der Waals surface area contributed by atoms with Gasteiger partial charge in [-0.15, -0.1) is 0 Å². The lowest BCUT2D eigenvalue weighted by Crippen LogP contribution is -2.65. The molecule has 13 nitrogen and oxygen atoms in total. The zero-order valence-corrected chi connectivity index (χ0v) is 39.2. The van der Waals surface area contributed by atoms with Crippen LogP contribution < -0.4 is 20.7 Å². The van der Waals surface area contributed by atoms with Gasteiger partial charge in [-0.2, -0.15) is 13.2 Å². The van der Waals surface area contributed by atoms with Gasteiger partial charge >= 0.3 is 6.18 Å². The fourth-order valence-corrected chi connectivity index (χ4v) is 8.65. The summed E-state index contributed by atoms with van der Waals surface area (Å²) in [6.07, 6.45) is -4.94. The summed E-state index contributed by atoms with van der Waals surface area (Å²) in [6, 6.07) is 13.1. The van der Waals surface area contributed by atoms with E-state index in [2.05, 4.69) is 41.7 Å². The first-order valence-corrected chi connectivity index (χ1v) is 22.3. The van der Waals surface area contributed by atoms with E-state index in [4.69, 9.17) is 32.7 Å². The molecule has 0 radical (unpaired) electrons. The monoisotopic (exact) mass is 959 g/mol. The molecule has 3 N–H and O–H groups in total. The summed E-state index contributed by atoms with van der Waals surface area (Å²) in [5, 5.41) is 9.47. The summed E-state index contributed by atoms with van der Waals surface area (Å²) in [5.41, 5.74) is 0.789. The Kier molecular flexibility index (Phi) is 15.8. The normalized spacial score (nSPS) is 21.4. The third-order valence-electron chi connectivity index (χ3n) is 11.8. The number of piperidine rings is 1. The molecule has 1 aromatic heterocycles. The second kappa shape index (κ2) is 20.7. The van der Waals surface area contributed by atoms with E-state index in [1.807, 2.05) is 11.6 Å². The number of halogens is 6. The van der Waals surface area contributed by atoms with Crippen molar-refractivity contribution in [3.63, 3.8) is 0 Å². The zero-order chi connectivity index (χ0) is 48.1. The summed E-state index contributed by atoms with van der Waals surface area (Å²) < 4.78 is 72.6. The summed E-state index contributed by atoms with van der Waals surface area (Å²) in [6.45, 7) is 6.87. The van der Waals surface area contributed by atoms with Gasteiger partial charge in [-0.3, -0.25) is 19.2 Å². The fraction of sp³-hybridized carbons (Fsp3) is 0.468. The van der Waals surface area contributed by atoms with E-state index in [9.17, 15) is 32.3 Å². The van der Waals surface area contributed by atoms with Gasteiger partial charge in [-0.25, -0.2) is 9.37 Å². The Hall–Kier alpha value is -5.23. The molecule has 4 atom stereocenters. The van der Waals surface area contributed by atoms with Crippen molar-refractivity contribution >= 4 is 46.8 Å². The minimum atomic E-state index is -4.88. The van der Waals surface area contributed by atoms with Gasteiger partial charge in [0.15, 0.2) is 0 Å². The highest BCUT2D eigenvalue weighted by molar-refractivity contribution is 6.31. The van der Waals surface area contributed by atoms with E-state index >= 15 is 4.39 Å². The highest BCUT2D eigenvalue weighted by atomic mass is 35.5. The molecule has 2 fully saturated rings. The number of hydrogen-bond donors (Lipinski definition) is 3. The molecule has 3 aromatic carbocycles. The number of carbonyl (C=O) groups is 4. The molecule has 4 aromatic rings. The molecule has 2 aliphatic heterocycles. The third kappa shape index (κ3) is 12.8. The molecule has 0 saturated carbocycles. The van der Waals surface area contributed by atoms with Crippen molar-refractivity contribution in [2.45, 2.75) is 102 Å². The number of ether oxygens (including phenoxy) is 2. The Morgan fingerprint density at radius 3 is 2.32 bits per heavy atom. The van der Waals surface area contributed by atoms with Gasteiger partial charge in [0.25, 0.3) is 0 Å². The maximum atomic E-state index is 16.2. The van der Waals surface area contributed by atoms with Gasteiger partial charge in [0.2, 0.25) is 23.6 Å². The number of imidazole rings is 1. The van der Waals surface area contributed by atoms with Gasteiger partial charge in [0, 0.05) is 60.4 Å². The van der Waals surface area contributed by atoms with Crippen LogP contribution in [0.2, 0.25) is 10.0 Å². The van der Waals surface area contributed by atoms with Crippen LogP contribution in [0.4, 0.5) is 17.6 Å². The Balaban J connectivity index is 1.33. The quantitative estimate of drug-likeness (QED) is 0.122. The average molecular weight is 961 g/mol. The van der Waals surface area contributed by atoms with Gasteiger partial charge in [-0.1, -0.05) is 35.3 Å². The molecule has 6 rings (SSSR count). The fourth-order valence-electron chi connectivity index (χ4n) is 8.33. The lowest BCUT2D eigenvalue weighted by molar-refractivity contribution is -0.164. The minimum Gasteiger partial charge on any atom is -0.457 e. The number of rotatable bonds is 12. The average Bonchev–Trinajstić information content (AvgIpc) is 3.61. The number of methoxy groups -OCH3 is 1. The number of fused-ring (bicyclic) bond motifs is 2. The smallest absolute Gasteiger partial charge is 0.389 e. The van der Waals surface area contributed by atoms with Crippen LogP contribution in [0.3, 0.4) is 0 Å². The molecular weight excluding hydrogens is 905 g/mol. The van der Waals surface area contributed by atoms with E-state index in [-0.39, 0.29) is 53.7 Å². The topological polar surface area (TPSA) is 147 Å². The van der Waals surface area contributed by atoms with Gasteiger partial charge in [-0.05, 0) is 101 Å². The summed E-state index contributed by atoms with van der Waals surface area (Å²) in [4.78, 5) is 63.8. The van der Waals surface area contributed by atoms with Crippen molar-refractivity contribution < 1.29 is 46.2 Å². The number of nitrogens with zero attached hydrogens (tertiary/aromatic N) is 4. The number of alkyl halides is 3. The van der Waals surface area contributed by atoms with Crippen LogP contribution in [0, 0.1) is 11.7 Å². The molecule has 66 heavy (non-hydrogen) atoms. The van der Waals surface area contributed by atoms with E-state index < -0.39 is 78.5 Å². The van der Waals surface area contributed by atoms with Crippen LogP contribution in [0.15, 0.2) is 66.9 Å². The molecule has 2 saturated heterocycles. The number of hydrogen-bond acceptors (Lipinski definition) is 8. The molecule has 2 aliphatic rings. The Labute approximate surface area is 391 Å². The van der Waals surface area contributed by atoms with Crippen molar-refractivity contribution in [1.82, 2.24) is 35.3 Å². The lowest BCUT2D eigenvalue weighted by Gasteiger charge is -2.45. The highest BCUT2D eigenvalue weighted by Gasteiger charge is 2.45. The van der Waals surface area contributed by atoms with Crippen LogP contribution in [0.1, 0.15) is 70.3 Å². The van der Waals surface area contributed by atoms with Gasteiger partial charge in [0.1, 0.15) is 35.2 Å². The molecule has 0 spiro atoms. The Bertz CT molecular complexity index is 2390. The highest BCUT2D eigenvalue weighted by Crippen LogP contribution is 2.36. The predicted molar refractivity (Wildman–Crippen MR) is 241 cm³/mol. The number of amides is 4. The Morgan fingerprint density at radius 1 is 0.970 bits per heavy atom. The summed E-state index contributed by atoms with van der Waals surface area (Å²) in [7, 11) is 3.22. The van der Waals surface area contributed by atoms with Gasteiger partial charge < -0.3 is 39.8 Å². The molecule has 0 aliphatic carbocycles. The van der Waals surface area contributed by atoms with Crippen LogP contribution in [-0.2, 0) is 50.5 Å². The number of aromatic nitrogens is 2. The van der Waals surface area contributed by atoms with Crippen LogP contribution in [0.5, 0.6) is 11.5 Å². The van der Waals surface area contributed by atoms with Crippen LogP contribution >= 0.6 is 23.2 Å². The van der Waals surface area contributed by atoms with E-state index in [1.165, 1.54) is 25.0 Å². The third-order valence-corrected chi connectivity index (χ3v) is 12.3. The van der Waals surface area contributed by atoms with Crippen molar-refractivity contribution in [3.05, 3.63) is 99.7 Å². The van der Waals surface area contributed by atoms with Crippen molar-refractivity contribution in [2.75, 3.05) is 26.8 Å². The molecule has 356 valence electrons. The molecular formula is C47H55Cl2F4N7O6.